The number of hydrogen-bond acceptors (Lipinski definition) is 7. The first-order valence-electron chi connectivity index (χ1n) is 10.5. The average Bonchev–Trinajstić information content (AvgIpc) is 3.30. The molecule has 0 bridgehead atoms. The summed E-state index contributed by atoms with van der Waals surface area (Å²) in [5.41, 5.74) is 4.16. The van der Waals surface area contributed by atoms with Crippen molar-refractivity contribution in [2.24, 2.45) is 0 Å². The number of aromatic nitrogens is 2. The molecule has 0 saturated heterocycles. The molecule has 1 aliphatic heterocycles. The van der Waals surface area contributed by atoms with E-state index in [4.69, 9.17) is 9.15 Å². The number of ether oxygens (including phenoxy) is 1. The van der Waals surface area contributed by atoms with E-state index in [9.17, 15) is 4.79 Å². The van der Waals surface area contributed by atoms with Crippen molar-refractivity contribution in [2.75, 3.05) is 19.1 Å². The van der Waals surface area contributed by atoms with E-state index >= 15 is 0 Å². The topological polar surface area (TPSA) is 68.5 Å². The van der Waals surface area contributed by atoms with Crippen LogP contribution in [0.15, 0.2) is 69.9 Å². The Morgan fingerprint density at radius 2 is 1.91 bits per heavy atom. The normalized spacial score (nSPS) is 16.8. The molecule has 0 saturated carbocycles. The van der Waals surface area contributed by atoms with E-state index in [1.54, 1.807) is 13.2 Å². The van der Waals surface area contributed by atoms with E-state index < -0.39 is 0 Å². The van der Waals surface area contributed by atoms with Gasteiger partial charge in [-0.15, -0.1) is 10.2 Å². The summed E-state index contributed by atoms with van der Waals surface area (Å²) >= 11 is 1.28. The lowest BCUT2D eigenvalue weighted by Gasteiger charge is -2.24. The van der Waals surface area contributed by atoms with Crippen LogP contribution in [0.2, 0.25) is 0 Å². The molecule has 0 radical (unpaired) electrons. The molecule has 0 spiro atoms. The zero-order chi connectivity index (χ0) is 22.9. The Hall–Kier alpha value is -3.06. The highest BCUT2D eigenvalue weighted by Crippen LogP contribution is 2.46. The van der Waals surface area contributed by atoms with Gasteiger partial charge in [-0.1, -0.05) is 55.9 Å². The molecule has 1 aromatic heterocycles. The summed E-state index contributed by atoms with van der Waals surface area (Å²) in [7, 11) is 3.65. The van der Waals surface area contributed by atoms with Gasteiger partial charge in [-0.2, -0.15) is 0 Å². The van der Waals surface area contributed by atoms with Gasteiger partial charge in [0.15, 0.2) is 5.78 Å². The monoisotopic (exact) mass is 449 g/mol. The number of carbonyl (C=O) groups is 1. The zero-order valence-corrected chi connectivity index (χ0v) is 19.8. The predicted octanol–water partition coefficient (Wildman–Crippen LogP) is 5.03. The molecule has 166 valence electrons. The molecule has 4 rings (SSSR count). The smallest absolute Gasteiger partial charge is 0.277 e. The molecule has 0 amide bonds. The van der Waals surface area contributed by atoms with E-state index in [0.29, 0.717) is 17.5 Å². The summed E-state index contributed by atoms with van der Waals surface area (Å²) in [4.78, 5) is 15.1. The van der Waals surface area contributed by atoms with Gasteiger partial charge in [-0.05, 0) is 36.2 Å². The second-order valence-corrected chi connectivity index (χ2v) is 9.67. The fourth-order valence-electron chi connectivity index (χ4n) is 4.00. The third-order valence-electron chi connectivity index (χ3n) is 5.86. The van der Waals surface area contributed by atoms with Gasteiger partial charge in [0.25, 0.3) is 5.22 Å². The van der Waals surface area contributed by atoms with Crippen molar-refractivity contribution < 1.29 is 13.9 Å². The van der Waals surface area contributed by atoms with Crippen LogP contribution >= 0.6 is 11.8 Å². The standard InChI is InChI=1S/C25H27N3O3S/c1-16(21(29)15-22-25(2,3)19-8-6-7-9-20(19)28(22)4)32-24-27-26-23(31-24)14-17-10-12-18(30-5)13-11-17/h6-13,15-16H,14H2,1-5H3/b22-15+. The first-order chi connectivity index (χ1) is 15.3. The second-order valence-electron chi connectivity index (χ2n) is 8.38. The molecule has 6 nitrogen and oxygen atoms in total. The van der Waals surface area contributed by atoms with E-state index in [1.165, 1.54) is 17.3 Å². The maximum atomic E-state index is 13.0. The molecular weight excluding hydrogens is 422 g/mol. The number of ketones is 1. The SMILES string of the molecule is COc1ccc(Cc2nnc(SC(C)C(=O)/C=C3/N(C)c4ccccc4C3(C)C)o2)cc1. The second kappa shape index (κ2) is 8.82. The van der Waals surface area contributed by atoms with Crippen molar-refractivity contribution in [3.8, 4) is 5.75 Å². The van der Waals surface area contributed by atoms with Gasteiger partial charge in [-0.25, -0.2) is 0 Å². The molecule has 0 N–H and O–H groups in total. The molecule has 0 aliphatic carbocycles. The van der Waals surface area contributed by atoms with Crippen molar-refractivity contribution in [3.63, 3.8) is 0 Å². The number of carbonyl (C=O) groups excluding carboxylic acids is 1. The Balaban J connectivity index is 1.43. The van der Waals surface area contributed by atoms with Crippen LogP contribution in [0.4, 0.5) is 5.69 Å². The lowest BCUT2D eigenvalue weighted by molar-refractivity contribution is -0.114. The number of anilines is 1. The minimum absolute atomic E-state index is 0.0210. The van der Waals surface area contributed by atoms with Crippen LogP contribution in [0.5, 0.6) is 5.75 Å². The summed E-state index contributed by atoms with van der Waals surface area (Å²) in [6, 6.07) is 16.0. The summed E-state index contributed by atoms with van der Waals surface area (Å²) in [6.07, 6.45) is 2.29. The van der Waals surface area contributed by atoms with Gasteiger partial charge in [-0.3, -0.25) is 4.79 Å². The number of hydrogen-bond donors (Lipinski definition) is 0. The minimum atomic E-state index is -0.343. The molecule has 1 unspecified atom stereocenters. The molecule has 1 atom stereocenters. The van der Waals surface area contributed by atoms with Crippen LogP contribution in [-0.2, 0) is 16.6 Å². The molecule has 2 heterocycles. The Labute approximate surface area is 192 Å². The van der Waals surface area contributed by atoms with E-state index in [1.807, 2.05) is 50.4 Å². The first-order valence-corrected chi connectivity index (χ1v) is 11.4. The fourth-order valence-corrected chi connectivity index (χ4v) is 4.71. The molecule has 0 fully saturated rings. The number of fused-ring (bicyclic) bond motifs is 1. The fraction of sp³-hybridized carbons (Fsp3) is 0.320. The van der Waals surface area contributed by atoms with Gasteiger partial charge >= 0.3 is 0 Å². The zero-order valence-electron chi connectivity index (χ0n) is 19.0. The van der Waals surface area contributed by atoms with E-state index in [2.05, 4.69) is 41.1 Å². The Kier molecular flexibility index (Phi) is 6.11. The molecule has 3 aromatic rings. The third kappa shape index (κ3) is 4.30. The first kappa shape index (κ1) is 22.1. The van der Waals surface area contributed by atoms with E-state index in [-0.39, 0.29) is 16.4 Å². The van der Waals surface area contributed by atoms with Gasteiger partial charge in [0.1, 0.15) is 5.75 Å². The van der Waals surface area contributed by atoms with Crippen LogP contribution in [0.3, 0.4) is 0 Å². The highest BCUT2D eigenvalue weighted by molar-refractivity contribution is 8.00. The summed E-state index contributed by atoms with van der Waals surface area (Å²) < 4.78 is 11.0. The number of methoxy groups -OCH3 is 1. The van der Waals surface area contributed by atoms with Gasteiger partial charge in [0.2, 0.25) is 5.89 Å². The highest BCUT2D eigenvalue weighted by atomic mass is 32.2. The summed E-state index contributed by atoms with van der Waals surface area (Å²) in [6.45, 7) is 6.16. The van der Waals surface area contributed by atoms with Crippen LogP contribution in [-0.4, -0.2) is 35.4 Å². The van der Waals surface area contributed by atoms with Gasteiger partial charge in [0, 0.05) is 29.9 Å². The molecule has 1 aliphatic rings. The minimum Gasteiger partial charge on any atom is -0.497 e. The number of benzene rings is 2. The lowest BCUT2D eigenvalue weighted by atomic mass is 9.83. The molecule has 7 heteroatoms. The van der Waals surface area contributed by atoms with Crippen LogP contribution in [0, 0.1) is 0 Å². The van der Waals surface area contributed by atoms with Crippen molar-refractivity contribution in [2.45, 2.75) is 43.1 Å². The van der Waals surface area contributed by atoms with Crippen molar-refractivity contribution in [3.05, 3.63) is 77.3 Å². The third-order valence-corrected chi connectivity index (χ3v) is 6.81. The van der Waals surface area contributed by atoms with Crippen molar-refractivity contribution >= 4 is 23.2 Å². The average molecular weight is 450 g/mol. The molecule has 32 heavy (non-hydrogen) atoms. The largest absolute Gasteiger partial charge is 0.497 e. The number of likely N-dealkylation sites (N-methyl/N-ethyl adjacent to an activating group) is 1. The van der Waals surface area contributed by atoms with Crippen LogP contribution in [0.1, 0.15) is 37.8 Å². The quantitative estimate of drug-likeness (QED) is 0.370. The van der Waals surface area contributed by atoms with Crippen molar-refractivity contribution in [1.29, 1.82) is 0 Å². The van der Waals surface area contributed by atoms with Crippen LogP contribution < -0.4 is 9.64 Å². The Bertz CT molecular complexity index is 1150. The maximum Gasteiger partial charge on any atom is 0.277 e. The Morgan fingerprint density at radius 3 is 2.59 bits per heavy atom. The van der Waals surface area contributed by atoms with Crippen LogP contribution in [0.25, 0.3) is 0 Å². The number of thioether (sulfide) groups is 1. The number of para-hydroxylation sites is 1. The van der Waals surface area contributed by atoms with Gasteiger partial charge < -0.3 is 14.1 Å². The van der Waals surface area contributed by atoms with E-state index in [0.717, 1.165) is 22.7 Å². The molecule has 2 aromatic carbocycles. The highest BCUT2D eigenvalue weighted by Gasteiger charge is 2.38. The number of rotatable bonds is 7. The summed E-state index contributed by atoms with van der Waals surface area (Å²) in [5, 5.41) is 8.30. The van der Waals surface area contributed by atoms with Crippen molar-refractivity contribution in [1.82, 2.24) is 10.2 Å². The lowest BCUT2D eigenvalue weighted by Crippen LogP contribution is -2.25. The predicted molar refractivity (Wildman–Crippen MR) is 126 cm³/mol. The number of allylic oxidation sites excluding steroid dienone is 2. The molecular formula is C25H27N3O3S. The summed E-state index contributed by atoms with van der Waals surface area (Å²) in [5.74, 6) is 1.34. The van der Waals surface area contributed by atoms with Gasteiger partial charge in [0.05, 0.1) is 18.8 Å². The maximum absolute atomic E-state index is 13.0. The Morgan fingerprint density at radius 1 is 1.19 bits per heavy atom. The number of nitrogens with zero attached hydrogens (tertiary/aromatic N) is 3.